The maximum atomic E-state index is 13.3. The van der Waals surface area contributed by atoms with E-state index in [9.17, 15) is 18.0 Å². The number of anilines is 1. The monoisotopic (exact) mass is 427 g/mol. The topological polar surface area (TPSA) is 54.9 Å². The molecule has 0 saturated carbocycles. The zero-order chi connectivity index (χ0) is 18.0. The lowest BCUT2D eigenvalue weighted by Gasteiger charge is -2.06. The van der Waals surface area contributed by atoms with Crippen molar-refractivity contribution in [1.82, 2.24) is 9.97 Å². The van der Waals surface area contributed by atoms with Crippen molar-refractivity contribution < 1.29 is 18.0 Å². The first kappa shape index (κ1) is 17.6. The van der Waals surface area contributed by atoms with Crippen molar-refractivity contribution in [2.75, 3.05) is 5.32 Å². The largest absolute Gasteiger partial charge is 0.435 e. The molecule has 1 amide bonds. The number of rotatable bonds is 3. The predicted molar refractivity (Wildman–Crippen MR) is 92.4 cm³/mol. The number of benzene rings is 1. The lowest BCUT2D eigenvalue weighted by molar-refractivity contribution is -0.140. The maximum Gasteiger partial charge on any atom is 0.435 e. The number of hydrogen-bond acceptors (Lipinski definition) is 4. The van der Waals surface area contributed by atoms with Gasteiger partial charge < -0.3 is 5.32 Å². The molecule has 0 radical (unpaired) electrons. The molecular formula is C16H9BrF3N3OS. The van der Waals surface area contributed by atoms with Gasteiger partial charge >= 0.3 is 6.18 Å². The highest BCUT2D eigenvalue weighted by molar-refractivity contribution is 9.10. The van der Waals surface area contributed by atoms with Crippen molar-refractivity contribution in [3.63, 3.8) is 0 Å². The van der Waals surface area contributed by atoms with E-state index in [0.29, 0.717) is 21.4 Å². The molecule has 3 aromatic rings. The zero-order valence-corrected chi connectivity index (χ0v) is 14.7. The summed E-state index contributed by atoms with van der Waals surface area (Å²) in [5.74, 6) is -0.752. The molecule has 0 aliphatic rings. The third-order valence-electron chi connectivity index (χ3n) is 3.09. The summed E-state index contributed by atoms with van der Waals surface area (Å²) in [7, 11) is 0. The first-order chi connectivity index (χ1) is 11.8. The first-order valence-electron chi connectivity index (χ1n) is 6.91. The number of hydrogen-bond donors (Lipinski definition) is 1. The summed E-state index contributed by atoms with van der Waals surface area (Å²) < 4.78 is 40.5. The molecular weight excluding hydrogens is 419 g/mol. The van der Waals surface area contributed by atoms with Gasteiger partial charge in [0.15, 0.2) is 5.69 Å². The van der Waals surface area contributed by atoms with Gasteiger partial charge in [-0.3, -0.25) is 4.79 Å². The summed E-state index contributed by atoms with van der Waals surface area (Å²) in [6.07, 6.45) is -3.30. The molecule has 0 atom stereocenters. The van der Waals surface area contributed by atoms with Gasteiger partial charge in [0.05, 0.1) is 0 Å². The number of nitrogens with one attached hydrogen (secondary N) is 1. The van der Waals surface area contributed by atoms with Gasteiger partial charge in [0.25, 0.3) is 5.91 Å². The van der Waals surface area contributed by atoms with Gasteiger partial charge in [-0.05, 0) is 28.1 Å². The van der Waals surface area contributed by atoms with Crippen LogP contribution in [0.2, 0.25) is 0 Å². The molecule has 2 heterocycles. The Kier molecular flexibility index (Phi) is 4.87. The molecule has 4 nitrogen and oxygen atoms in total. The molecule has 0 aliphatic carbocycles. The average molecular weight is 428 g/mol. The quantitative estimate of drug-likeness (QED) is 0.621. The highest BCUT2D eigenvalue weighted by atomic mass is 79.9. The molecule has 1 aromatic carbocycles. The number of aromatic nitrogens is 2. The van der Waals surface area contributed by atoms with E-state index in [1.807, 2.05) is 0 Å². The van der Waals surface area contributed by atoms with Crippen molar-refractivity contribution in [1.29, 1.82) is 0 Å². The Hall–Kier alpha value is -2.26. The number of halogens is 4. The zero-order valence-electron chi connectivity index (χ0n) is 12.3. The van der Waals surface area contributed by atoms with Crippen LogP contribution in [0.15, 0.2) is 53.1 Å². The van der Waals surface area contributed by atoms with Crippen molar-refractivity contribution in [2.45, 2.75) is 6.18 Å². The van der Waals surface area contributed by atoms with Gasteiger partial charge in [-0.15, -0.1) is 11.3 Å². The van der Waals surface area contributed by atoms with E-state index in [1.165, 1.54) is 12.3 Å². The Morgan fingerprint density at radius 3 is 2.44 bits per heavy atom. The fraction of sp³-hybridized carbons (Fsp3) is 0.0625. The van der Waals surface area contributed by atoms with Crippen molar-refractivity contribution in [3.8, 4) is 10.6 Å². The molecule has 3 rings (SSSR count). The average Bonchev–Trinajstić information content (AvgIpc) is 3.04. The van der Waals surface area contributed by atoms with Crippen molar-refractivity contribution in [2.24, 2.45) is 0 Å². The predicted octanol–water partition coefficient (Wildman–Crippen LogP) is 5.24. The Morgan fingerprint density at radius 1 is 1.12 bits per heavy atom. The second-order valence-electron chi connectivity index (χ2n) is 4.88. The van der Waals surface area contributed by atoms with Crippen LogP contribution in [0, 0.1) is 0 Å². The molecule has 1 N–H and O–H groups in total. The second kappa shape index (κ2) is 6.93. The minimum Gasteiger partial charge on any atom is -0.306 e. The Morgan fingerprint density at radius 2 is 1.84 bits per heavy atom. The molecule has 128 valence electrons. The van der Waals surface area contributed by atoms with Gasteiger partial charge in [0.1, 0.15) is 15.7 Å². The number of nitrogens with zero attached hydrogens (tertiary/aromatic N) is 2. The maximum absolute atomic E-state index is 13.3. The summed E-state index contributed by atoms with van der Waals surface area (Å²) in [5, 5.41) is 2.49. The van der Waals surface area contributed by atoms with E-state index < -0.39 is 22.7 Å². The fourth-order valence-corrected chi connectivity index (χ4v) is 3.21. The van der Waals surface area contributed by atoms with Crippen LogP contribution in [0.5, 0.6) is 0 Å². The molecule has 0 unspecified atom stereocenters. The Balaban J connectivity index is 1.97. The summed E-state index contributed by atoms with van der Waals surface area (Å²) >= 11 is 3.88. The van der Waals surface area contributed by atoms with E-state index in [2.05, 4.69) is 31.2 Å². The molecule has 25 heavy (non-hydrogen) atoms. The second-order valence-corrected chi connectivity index (χ2v) is 6.79. The van der Waals surface area contributed by atoms with Gasteiger partial charge in [-0.25, -0.2) is 9.97 Å². The SMILES string of the molecule is O=C(Nc1ccc(Br)cn1)c1sc(-c2ccccc2)nc1C(F)(F)F. The summed E-state index contributed by atoms with van der Waals surface area (Å²) in [4.78, 5) is 19.4. The standard InChI is InChI=1S/C16H9BrF3N3OS/c17-10-6-7-11(21-8-10)22-14(24)12-13(16(18,19)20)23-15(25-12)9-4-2-1-3-5-9/h1-8H,(H,21,22,24). The van der Waals surface area contributed by atoms with Crippen LogP contribution in [-0.4, -0.2) is 15.9 Å². The minimum absolute atomic E-state index is 0.127. The number of carbonyl (C=O) groups is 1. The van der Waals surface area contributed by atoms with Crippen LogP contribution in [0.3, 0.4) is 0 Å². The van der Waals surface area contributed by atoms with Gasteiger partial charge in [0.2, 0.25) is 0 Å². The molecule has 9 heteroatoms. The molecule has 0 aliphatic heterocycles. The molecule has 0 spiro atoms. The summed E-state index contributed by atoms with van der Waals surface area (Å²) in [6.45, 7) is 0. The Bertz CT molecular complexity index is 895. The third kappa shape index (κ3) is 4.05. The summed E-state index contributed by atoms with van der Waals surface area (Å²) in [5.41, 5.74) is -0.690. The smallest absolute Gasteiger partial charge is 0.306 e. The van der Waals surface area contributed by atoms with Crippen LogP contribution in [0.4, 0.5) is 19.0 Å². The first-order valence-corrected chi connectivity index (χ1v) is 8.52. The number of thiazole rings is 1. The fourth-order valence-electron chi connectivity index (χ4n) is 1.99. The molecule has 0 bridgehead atoms. The number of amides is 1. The van der Waals surface area contributed by atoms with Crippen LogP contribution in [0.25, 0.3) is 10.6 Å². The van der Waals surface area contributed by atoms with E-state index in [4.69, 9.17) is 0 Å². The third-order valence-corrected chi connectivity index (χ3v) is 4.66. The van der Waals surface area contributed by atoms with Gasteiger partial charge in [-0.1, -0.05) is 30.3 Å². The van der Waals surface area contributed by atoms with E-state index in [-0.39, 0.29) is 10.8 Å². The number of pyridine rings is 1. The van der Waals surface area contributed by atoms with E-state index >= 15 is 0 Å². The van der Waals surface area contributed by atoms with Crippen LogP contribution in [0.1, 0.15) is 15.4 Å². The van der Waals surface area contributed by atoms with Gasteiger partial charge in [0, 0.05) is 16.2 Å². The van der Waals surface area contributed by atoms with E-state index in [1.54, 1.807) is 36.4 Å². The number of alkyl halides is 3. The number of carbonyl (C=O) groups excluding carboxylic acids is 1. The summed E-state index contributed by atoms with van der Waals surface area (Å²) in [6, 6.07) is 11.5. The normalized spacial score (nSPS) is 11.4. The van der Waals surface area contributed by atoms with E-state index in [0.717, 1.165) is 0 Å². The van der Waals surface area contributed by atoms with Crippen molar-refractivity contribution >= 4 is 39.0 Å². The lowest BCUT2D eigenvalue weighted by atomic mass is 10.2. The van der Waals surface area contributed by atoms with Gasteiger partial charge in [-0.2, -0.15) is 13.2 Å². The van der Waals surface area contributed by atoms with Crippen LogP contribution < -0.4 is 5.32 Å². The van der Waals surface area contributed by atoms with Crippen molar-refractivity contribution in [3.05, 3.63) is 63.7 Å². The van der Waals surface area contributed by atoms with Crippen LogP contribution in [-0.2, 0) is 6.18 Å². The highest BCUT2D eigenvalue weighted by Crippen LogP contribution is 2.37. The van der Waals surface area contributed by atoms with Crippen LogP contribution >= 0.6 is 27.3 Å². The lowest BCUT2D eigenvalue weighted by Crippen LogP contribution is -2.17. The molecule has 2 aromatic heterocycles. The highest BCUT2D eigenvalue weighted by Gasteiger charge is 2.39. The minimum atomic E-state index is -4.73. The molecule has 0 saturated heterocycles. The molecule has 0 fully saturated rings. The Labute approximate surface area is 152 Å².